The molecule has 1 aliphatic rings. The van der Waals surface area contributed by atoms with Gasteiger partial charge in [-0.2, -0.15) is 4.98 Å². The first-order valence-corrected chi connectivity index (χ1v) is 9.30. The summed E-state index contributed by atoms with van der Waals surface area (Å²) in [5, 5.41) is 0. The molecular weight excluding hydrogens is 371 g/mol. The molecule has 0 spiro atoms. The summed E-state index contributed by atoms with van der Waals surface area (Å²) in [6.07, 6.45) is 2.87. The topological polar surface area (TPSA) is 67.8 Å². The molecule has 0 saturated carbocycles. The Morgan fingerprint density at radius 1 is 1.26 bits per heavy atom. The number of rotatable bonds is 5. The van der Waals surface area contributed by atoms with E-state index in [0.29, 0.717) is 10.9 Å². The summed E-state index contributed by atoms with van der Waals surface area (Å²) in [4.78, 5) is 25.1. The molecule has 0 N–H and O–H groups in total. The number of benzene rings is 1. The number of methoxy groups -OCH3 is 1. The van der Waals surface area contributed by atoms with Crippen molar-refractivity contribution >= 4 is 24.0 Å². The van der Waals surface area contributed by atoms with E-state index < -0.39 is 6.09 Å². The number of carbonyl (C=O) groups is 1. The summed E-state index contributed by atoms with van der Waals surface area (Å²) in [5.74, 6) is 0.494. The Morgan fingerprint density at radius 3 is 2.63 bits per heavy atom. The van der Waals surface area contributed by atoms with E-state index in [2.05, 4.69) is 14.9 Å². The average Bonchev–Trinajstić information content (AvgIpc) is 2.72. The molecule has 2 aromatic rings. The van der Waals surface area contributed by atoms with Crippen LogP contribution < -0.4 is 9.64 Å². The lowest BCUT2D eigenvalue weighted by atomic mass is 10.0. The summed E-state index contributed by atoms with van der Waals surface area (Å²) in [6, 6.07) is 8.08. The predicted molar refractivity (Wildman–Crippen MR) is 100 cm³/mol. The Bertz CT molecular complexity index is 769. The zero-order chi connectivity index (χ0) is 19.2. The number of carbonyl (C=O) groups excluding carboxylic acids is 1. The number of halogens is 1. The van der Waals surface area contributed by atoms with Crippen LogP contribution in [0.3, 0.4) is 0 Å². The molecule has 0 unspecified atom stereocenters. The van der Waals surface area contributed by atoms with Crippen LogP contribution in [0.5, 0.6) is 6.01 Å². The van der Waals surface area contributed by atoms with E-state index in [4.69, 9.17) is 8.92 Å². The first-order valence-electron chi connectivity index (χ1n) is 8.55. The molecule has 1 saturated heterocycles. The van der Waals surface area contributed by atoms with Gasteiger partial charge < -0.3 is 18.7 Å². The Labute approximate surface area is 161 Å². The van der Waals surface area contributed by atoms with Crippen LogP contribution in [0.2, 0.25) is 0 Å². The van der Waals surface area contributed by atoms with Crippen molar-refractivity contribution in [3.8, 4) is 6.01 Å². The second kappa shape index (κ2) is 8.90. The number of anilines is 1. The third-order valence-corrected chi connectivity index (χ3v) is 5.14. The van der Waals surface area contributed by atoms with Gasteiger partial charge in [0.2, 0.25) is 0 Å². The fourth-order valence-electron chi connectivity index (χ4n) is 2.87. The molecule has 3 rings (SSSR count). The quantitative estimate of drug-likeness (QED) is 0.723. The van der Waals surface area contributed by atoms with Crippen LogP contribution in [0.25, 0.3) is 0 Å². The molecule has 144 valence electrons. The highest BCUT2D eigenvalue weighted by Crippen LogP contribution is 2.24. The van der Waals surface area contributed by atoms with E-state index in [1.165, 1.54) is 19.2 Å². The molecule has 9 heteroatoms. The number of nitrogens with zero attached hydrogens (tertiary/aromatic N) is 4. The molecule has 1 aromatic heterocycles. The molecule has 1 aliphatic heterocycles. The second-order valence-corrected chi connectivity index (χ2v) is 6.92. The molecule has 0 bridgehead atoms. The normalized spacial score (nSPS) is 14.7. The Morgan fingerprint density at radius 2 is 1.96 bits per heavy atom. The third-order valence-electron chi connectivity index (χ3n) is 4.45. The summed E-state index contributed by atoms with van der Waals surface area (Å²) in [7, 11) is 3.28. The van der Waals surface area contributed by atoms with Crippen molar-refractivity contribution in [2.75, 3.05) is 32.1 Å². The predicted octanol–water partition coefficient (Wildman–Crippen LogP) is 3.37. The van der Waals surface area contributed by atoms with Crippen molar-refractivity contribution in [3.05, 3.63) is 42.3 Å². The van der Waals surface area contributed by atoms with Crippen LogP contribution >= 0.6 is 12.0 Å². The first-order chi connectivity index (χ1) is 13.1. The summed E-state index contributed by atoms with van der Waals surface area (Å²) >= 11 is 0.932. The second-order valence-electron chi connectivity index (χ2n) is 6.12. The fraction of sp³-hybridized carbons (Fsp3) is 0.389. The zero-order valence-electron chi connectivity index (χ0n) is 15.2. The van der Waals surface area contributed by atoms with Crippen LogP contribution in [-0.2, 0) is 4.18 Å². The molecular formula is C18H21FN4O3S. The molecule has 0 radical (unpaired) electrons. The zero-order valence-corrected chi connectivity index (χ0v) is 16.0. The summed E-state index contributed by atoms with van der Waals surface area (Å²) in [6.45, 7) is 1.54. The first kappa shape index (κ1) is 19.2. The Balaban J connectivity index is 1.49. The van der Waals surface area contributed by atoms with Crippen LogP contribution in [-0.4, -0.2) is 54.2 Å². The van der Waals surface area contributed by atoms with Crippen LogP contribution in [0.15, 0.2) is 41.4 Å². The lowest BCUT2D eigenvalue weighted by molar-refractivity contribution is 0.144. The number of ether oxygens (including phenoxy) is 1. The van der Waals surface area contributed by atoms with Crippen molar-refractivity contribution in [1.29, 1.82) is 0 Å². The summed E-state index contributed by atoms with van der Waals surface area (Å²) < 4.78 is 23.2. The van der Waals surface area contributed by atoms with Crippen molar-refractivity contribution in [2.45, 2.75) is 23.8 Å². The highest BCUT2D eigenvalue weighted by atomic mass is 32.2. The SMILES string of the molecule is COc1nccc(N2CCC(N(C)C(=O)OSc3ccc(F)cc3)CC2)n1. The molecule has 1 amide bonds. The molecule has 2 heterocycles. The van der Waals surface area contributed by atoms with Gasteiger partial charge in [0.1, 0.15) is 11.6 Å². The maximum Gasteiger partial charge on any atom is 0.422 e. The van der Waals surface area contributed by atoms with Gasteiger partial charge in [-0.05, 0) is 43.2 Å². The number of hydrogen-bond acceptors (Lipinski definition) is 7. The van der Waals surface area contributed by atoms with Crippen molar-refractivity contribution in [2.24, 2.45) is 0 Å². The molecule has 0 atom stereocenters. The Kier molecular flexibility index (Phi) is 6.33. The van der Waals surface area contributed by atoms with Crippen LogP contribution in [0.1, 0.15) is 12.8 Å². The van der Waals surface area contributed by atoms with E-state index in [1.807, 2.05) is 6.07 Å². The molecule has 27 heavy (non-hydrogen) atoms. The van der Waals surface area contributed by atoms with Gasteiger partial charge >= 0.3 is 12.1 Å². The minimum Gasteiger partial charge on any atom is -0.467 e. The van der Waals surface area contributed by atoms with E-state index >= 15 is 0 Å². The van der Waals surface area contributed by atoms with Crippen molar-refractivity contribution in [3.63, 3.8) is 0 Å². The largest absolute Gasteiger partial charge is 0.467 e. The number of aromatic nitrogens is 2. The smallest absolute Gasteiger partial charge is 0.422 e. The number of piperidine rings is 1. The number of hydrogen-bond donors (Lipinski definition) is 0. The number of amides is 1. The van der Waals surface area contributed by atoms with Crippen molar-refractivity contribution < 1.29 is 18.1 Å². The van der Waals surface area contributed by atoms with E-state index in [9.17, 15) is 9.18 Å². The van der Waals surface area contributed by atoms with E-state index in [0.717, 1.165) is 43.8 Å². The lowest BCUT2D eigenvalue weighted by Crippen LogP contribution is -2.45. The molecule has 1 fully saturated rings. The van der Waals surface area contributed by atoms with E-state index in [-0.39, 0.29) is 11.9 Å². The van der Waals surface area contributed by atoms with Crippen LogP contribution in [0.4, 0.5) is 15.0 Å². The molecule has 0 aliphatic carbocycles. The van der Waals surface area contributed by atoms with Crippen molar-refractivity contribution in [1.82, 2.24) is 14.9 Å². The van der Waals surface area contributed by atoms with E-state index in [1.54, 1.807) is 30.3 Å². The highest BCUT2D eigenvalue weighted by Gasteiger charge is 2.27. The standard InChI is InChI=1S/C18H21FN4O3S/c1-22(18(24)26-27-15-5-3-13(19)4-6-15)14-8-11-23(12-9-14)16-7-10-20-17(21-16)25-2/h3-7,10,14H,8-9,11-12H2,1-2H3. The minimum absolute atomic E-state index is 0.0892. The van der Waals surface area contributed by atoms with Gasteiger partial charge in [-0.15, -0.1) is 0 Å². The monoisotopic (exact) mass is 392 g/mol. The molecule has 1 aromatic carbocycles. The Hall–Kier alpha value is -2.55. The van der Waals surface area contributed by atoms with Gasteiger partial charge in [-0.3, -0.25) is 0 Å². The van der Waals surface area contributed by atoms with Gasteiger partial charge in [0.05, 0.1) is 19.2 Å². The maximum absolute atomic E-state index is 12.9. The van der Waals surface area contributed by atoms with Gasteiger partial charge in [0, 0.05) is 37.3 Å². The van der Waals surface area contributed by atoms with Gasteiger partial charge in [-0.1, -0.05) is 0 Å². The third kappa shape index (κ3) is 5.00. The van der Waals surface area contributed by atoms with Gasteiger partial charge in [0.25, 0.3) is 0 Å². The average molecular weight is 392 g/mol. The lowest BCUT2D eigenvalue weighted by Gasteiger charge is -2.36. The van der Waals surface area contributed by atoms with Gasteiger partial charge in [-0.25, -0.2) is 14.2 Å². The van der Waals surface area contributed by atoms with Crippen LogP contribution in [0, 0.1) is 5.82 Å². The summed E-state index contributed by atoms with van der Waals surface area (Å²) in [5.41, 5.74) is 0. The maximum atomic E-state index is 12.9. The minimum atomic E-state index is -0.411. The highest BCUT2D eigenvalue weighted by molar-refractivity contribution is 7.95. The van der Waals surface area contributed by atoms with Gasteiger partial charge in [0.15, 0.2) is 0 Å². The fourth-order valence-corrected chi connectivity index (χ4v) is 3.40. The molecule has 7 nitrogen and oxygen atoms in total.